The largest absolute Gasteiger partial charge is 0.382 e. The Balaban J connectivity index is 2.17. The summed E-state index contributed by atoms with van der Waals surface area (Å²) in [6, 6.07) is 4.75. The van der Waals surface area contributed by atoms with Gasteiger partial charge in [0.15, 0.2) is 0 Å². The predicted molar refractivity (Wildman–Crippen MR) is 72.8 cm³/mol. The maximum Gasteiger partial charge on any atom is 0.0701 e. The Hall–Kier alpha value is -0.420. The van der Waals surface area contributed by atoms with Gasteiger partial charge in [0.1, 0.15) is 0 Å². The summed E-state index contributed by atoms with van der Waals surface area (Å²) in [6.07, 6.45) is 2.25. The summed E-state index contributed by atoms with van der Waals surface area (Å²) in [5.74, 6) is 0. The van der Waals surface area contributed by atoms with Crippen LogP contribution in [0.2, 0.25) is 0 Å². The van der Waals surface area contributed by atoms with E-state index in [2.05, 4.69) is 29.8 Å². The van der Waals surface area contributed by atoms with Crippen molar-refractivity contribution in [3.05, 3.63) is 22.4 Å². The second kappa shape index (κ2) is 9.59. The molecule has 0 amide bonds. The van der Waals surface area contributed by atoms with E-state index in [1.54, 1.807) is 7.11 Å². The van der Waals surface area contributed by atoms with E-state index in [0.29, 0.717) is 19.3 Å². The van der Waals surface area contributed by atoms with Crippen LogP contribution < -0.4 is 5.32 Å². The highest BCUT2D eigenvalue weighted by molar-refractivity contribution is 7.09. The van der Waals surface area contributed by atoms with Gasteiger partial charge in [-0.15, -0.1) is 11.3 Å². The number of rotatable bonds is 10. The van der Waals surface area contributed by atoms with E-state index in [-0.39, 0.29) is 0 Å². The third-order valence-corrected chi connectivity index (χ3v) is 3.50. The maximum absolute atomic E-state index is 5.57. The summed E-state index contributed by atoms with van der Waals surface area (Å²) >= 11 is 1.83. The Morgan fingerprint density at radius 1 is 1.41 bits per heavy atom. The van der Waals surface area contributed by atoms with Crippen LogP contribution in [0.3, 0.4) is 0 Å². The topological polar surface area (TPSA) is 30.5 Å². The zero-order chi connectivity index (χ0) is 12.3. The molecule has 0 fully saturated rings. The average molecular weight is 257 g/mol. The summed E-state index contributed by atoms with van der Waals surface area (Å²) in [5.41, 5.74) is 0. The SMILES string of the molecule is CCNC(CCc1cccs1)COCCOC. The van der Waals surface area contributed by atoms with Gasteiger partial charge in [0.25, 0.3) is 0 Å². The lowest BCUT2D eigenvalue weighted by molar-refractivity contribution is 0.0578. The number of likely N-dealkylation sites (N-methyl/N-ethyl adjacent to an activating group) is 1. The molecule has 1 aromatic heterocycles. The Kier molecular flexibility index (Phi) is 8.26. The number of ether oxygens (including phenoxy) is 2. The van der Waals surface area contributed by atoms with Gasteiger partial charge in [0.2, 0.25) is 0 Å². The van der Waals surface area contributed by atoms with Crippen LogP contribution in [0.15, 0.2) is 17.5 Å². The van der Waals surface area contributed by atoms with Crippen LogP contribution in [-0.4, -0.2) is 39.5 Å². The standard InChI is InChI=1S/C13H23NO2S/c1-3-14-12(11-16-9-8-15-2)6-7-13-5-4-10-17-13/h4-5,10,12,14H,3,6-9,11H2,1-2H3. The molecule has 4 heteroatoms. The van der Waals surface area contributed by atoms with Gasteiger partial charge in [0, 0.05) is 18.0 Å². The van der Waals surface area contributed by atoms with Crippen LogP contribution in [-0.2, 0) is 15.9 Å². The lowest BCUT2D eigenvalue weighted by atomic mass is 10.1. The molecule has 0 aliphatic rings. The molecule has 0 aliphatic heterocycles. The first-order valence-corrected chi connectivity index (χ1v) is 7.07. The molecule has 0 saturated heterocycles. The zero-order valence-electron chi connectivity index (χ0n) is 10.8. The fourth-order valence-electron chi connectivity index (χ4n) is 1.67. The van der Waals surface area contributed by atoms with E-state index in [0.717, 1.165) is 26.0 Å². The predicted octanol–water partition coefficient (Wildman–Crippen LogP) is 2.32. The summed E-state index contributed by atoms with van der Waals surface area (Å²) < 4.78 is 10.5. The summed E-state index contributed by atoms with van der Waals surface area (Å²) in [5, 5.41) is 5.59. The van der Waals surface area contributed by atoms with E-state index in [1.807, 2.05) is 11.3 Å². The van der Waals surface area contributed by atoms with Gasteiger partial charge in [0.05, 0.1) is 19.8 Å². The summed E-state index contributed by atoms with van der Waals surface area (Å²) in [7, 11) is 1.70. The highest BCUT2D eigenvalue weighted by Gasteiger charge is 2.08. The molecular formula is C13H23NO2S. The van der Waals surface area contributed by atoms with Crippen molar-refractivity contribution in [1.29, 1.82) is 0 Å². The van der Waals surface area contributed by atoms with Gasteiger partial charge in [-0.2, -0.15) is 0 Å². The van der Waals surface area contributed by atoms with Gasteiger partial charge in [-0.05, 0) is 30.8 Å². The number of methoxy groups -OCH3 is 1. The monoisotopic (exact) mass is 257 g/mol. The van der Waals surface area contributed by atoms with Crippen molar-refractivity contribution >= 4 is 11.3 Å². The van der Waals surface area contributed by atoms with Crippen LogP contribution in [0.5, 0.6) is 0 Å². The summed E-state index contributed by atoms with van der Waals surface area (Å²) in [4.78, 5) is 1.45. The first-order valence-electron chi connectivity index (χ1n) is 6.19. The van der Waals surface area contributed by atoms with Crippen LogP contribution >= 0.6 is 11.3 Å². The normalized spacial score (nSPS) is 12.8. The van der Waals surface area contributed by atoms with Crippen molar-refractivity contribution in [3.8, 4) is 0 Å². The molecule has 3 nitrogen and oxygen atoms in total. The minimum absolute atomic E-state index is 0.443. The number of thiophene rings is 1. The van der Waals surface area contributed by atoms with Crippen LogP contribution in [0.25, 0.3) is 0 Å². The Labute approximate surface area is 108 Å². The Bertz CT molecular complexity index is 264. The van der Waals surface area contributed by atoms with Gasteiger partial charge in [-0.1, -0.05) is 13.0 Å². The highest BCUT2D eigenvalue weighted by atomic mass is 32.1. The van der Waals surface area contributed by atoms with Crippen molar-refractivity contribution in [3.63, 3.8) is 0 Å². The van der Waals surface area contributed by atoms with Crippen molar-refractivity contribution in [2.24, 2.45) is 0 Å². The molecule has 1 heterocycles. The van der Waals surface area contributed by atoms with Crippen LogP contribution in [0.1, 0.15) is 18.2 Å². The van der Waals surface area contributed by atoms with Crippen molar-refractivity contribution in [2.45, 2.75) is 25.8 Å². The number of aryl methyl sites for hydroxylation is 1. The van der Waals surface area contributed by atoms with Crippen molar-refractivity contribution in [2.75, 3.05) is 33.5 Å². The molecule has 0 aliphatic carbocycles. The smallest absolute Gasteiger partial charge is 0.0701 e. The van der Waals surface area contributed by atoms with Gasteiger partial charge < -0.3 is 14.8 Å². The van der Waals surface area contributed by atoms with E-state index >= 15 is 0 Å². The molecule has 17 heavy (non-hydrogen) atoms. The van der Waals surface area contributed by atoms with E-state index in [9.17, 15) is 0 Å². The molecule has 0 spiro atoms. The van der Waals surface area contributed by atoms with Gasteiger partial charge in [-0.25, -0.2) is 0 Å². The third-order valence-electron chi connectivity index (χ3n) is 2.56. The first kappa shape index (κ1) is 14.6. The van der Waals surface area contributed by atoms with Crippen LogP contribution in [0.4, 0.5) is 0 Å². The molecule has 0 aromatic carbocycles. The molecular weight excluding hydrogens is 234 g/mol. The van der Waals surface area contributed by atoms with Gasteiger partial charge in [-0.3, -0.25) is 0 Å². The highest BCUT2D eigenvalue weighted by Crippen LogP contribution is 2.12. The zero-order valence-corrected chi connectivity index (χ0v) is 11.6. The number of nitrogens with one attached hydrogen (secondary N) is 1. The lowest BCUT2D eigenvalue weighted by Gasteiger charge is -2.17. The molecule has 1 atom stereocenters. The average Bonchev–Trinajstić information content (AvgIpc) is 2.84. The molecule has 0 saturated carbocycles. The molecule has 1 unspecified atom stereocenters. The van der Waals surface area contributed by atoms with Gasteiger partial charge >= 0.3 is 0 Å². The quantitative estimate of drug-likeness (QED) is 0.653. The van der Waals surface area contributed by atoms with Crippen molar-refractivity contribution in [1.82, 2.24) is 5.32 Å². The van der Waals surface area contributed by atoms with Crippen LogP contribution in [0, 0.1) is 0 Å². The third kappa shape index (κ3) is 6.78. The Morgan fingerprint density at radius 2 is 2.29 bits per heavy atom. The number of hydrogen-bond acceptors (Lipinski definition) is 4. The summed E-state index contributed by atoms with van der Waals surface area (Å²) in [6.45, 7) is 5.24. The molecule has 0 bridgehead atoms. The molecule has 98 valence electrons. The molecule has 1 aromatic rings. The fraction of sp³-hybridized carbons (Fsp3) is 0.692. The molecule has 1 rings (SSSR count). The number of hydrogen-bond donors (Lipinski definition) is 1. The van der Waals surface area contributed by atoms with E-state index < -0.39 is 0 Å². The van der Waals surface area contributed by atoms with E-state index in [4.69, 9.17) is 9.47 Å². The van der Waals surface area contributed by atoms with E-state index in [1.165, 1.54) is 4.88 Å². The maximum atomic E-state index is 5.57. The minimum Gasteiger partial charge on any atom is -0.382 e. The molecule has 1 N–H and O–H groups in total. The Morgan fingerprint density at radius 3 is 2.94 bits per heavy atom. The van der Waals surface area contributed by atoms with Crippen molar-refractivity contribution < 1.29 is 9.47 Å². The second-order valence-corrected chi connectivity index (χ2v) is 4.97. The second-order valence-electron chi connectivity index (χ2n) is 3.94. The minimum atomic E-state index is 0.443. The fourth-order valence-corrected chi connectivity index (χ4v) is 2.40. The molecule has 0 radical (unpaired) electrons. The first-order chi connectivity index (χ1) is 8.36. The lowest BCUT2D eigenvalue weighted by Crippen LogP contribution is -2.34.